The molecule has 0 aliphatic heterocycles. The Hall–Kier alpha value is -2.70. The maximum absolute atomic E-state index is 12.5. The zero-order chi connectivity index (χ0) is 15.5. The number of hydrogen-bond acceptors (Lipinski definition) is 2. The molecule has 0 amide bonds. The first-order chi connectivity index (χ1) is 10.7. The first-order valence-corrected chi connectivity index (χ1v) is 7.05. The molecule has 0 bridgehead atoms. The molecule has 22 heavy (non-hydrogen) atoms. The predicted molar refractivity (Wildman–Crippen MR) is 89.3 cm³/mol. The number of halogens is 1. The van der Waals surface area contributed by atoms with Crippen LogP contribution in [0.3, 0.4) is 0 Å². The molecular weight excluding hydrogens is 298 g/mol. The van der Waals surface area contributed by atoms with Crippen molar-refractivity contribution < 1.29 is 4.74 Å². The number of rotatable bonds is 3. The van der Waals surface area contributed by atoms with Gasteiger partial charge < -0.3 is 9.72 Å². The van der Waals surface area contributed by atoms with E-state index in [-0.39, 0.29) is 12.2 Å². The van der Waals surface area contributed by atoms with E-state index in [0.717, 1.165) is 10.9 Å². The van der Waals surface area contributed by atoms with Gasteiger partial charge in [0, 0.05) is 10.4 Å². The van der Waals surface area contributed by atoms with Crippen LogP contribution in [0.25, 0.3) is 22.0 Å². The first-order valence-electron chi connectivity index (χ1n) is 6.68. The Morgan fingerprint density at radius 1 is 1.18 bits per heavy atom. The minimum Gasteiger partial charge on any atom is -0.479 e. The fourth-order valence-corrected chi connectivity index (χ4v) is 2.54. The molecule has 0 spiro atoms. The van der Waals surface area contributed by atoms with Gasteiger partial charge in [-0.25, -0.2) is 0 Å². The van der Waals surface area contributed by atoms with Crippen molar-refractivity contribution in [2.45, 2.75) is 0 Å². The third-order valence-corrected chi connectivity index (χ3v) is 3.53. The van der Waals surface area contributed by atoms with Crippen molar-refractivity contribution in [2.75, 3.05) is 6.61 Å². The molecule has 4 heteroatoms. The number of fused-ring (bicyclic) bond motifs is 1. The fraction of sp³-hybridized carbons (Fsp3) is 0.0556. The predicted octanol–water partition coefficient (Wildman–Crippen LogP) is 3.86. The summed E-state index contributed by atoms with van der Waals surface area (Å²) in [7, 11) is 0. The van der Waals surface area contributed by atoms with E-state index in [1.807, 2.05) is 36.4 Å². The van der Waals surface area contributed by atoms with Crippen LogP contribution in [0, 0.1) is 12.3 Å². The lowest BCUT2D eigenvalue weighted by Crippen LogP contribution is -2.12. The molecule has 0 fully saturated rings. The normalized spacial score (nSPS) is 10.4. The van der Waals surface area contributed by atoms with Crippen LogP contribution in [-0.2, 0) is 0 Å². The van der Waals surface area contributed by atoms with Crippen LogP contribution in [0.4, 0.5) is 0 Å². The van der Waals surface area contributed by atoms with Gasteiger partial charge in [0.1, 0.15) is 12.4 Å². The lowest BCUT2D eigenvalue weighted by molar-refractivity contribution is 0.376. The molecule has 108 valence electrons. The van der Waals surface area contributed by atoms with Gasteiger partial charge in [-0.05, 0) is 23.8 Å². The topological polar surface area (TPSA) is 42.1 Å². The van der Waals surface area contributed by atoms with E-state index in [2.05, 4.69) is 10.9 Å². The summed E-state index contributed by atoms with van der Waals surface area (Å²) < 4.78 is 5.68. The average Bonchev–Trinajstić information content (AvgIpc) is 2.52. The molecule has 0 aliphatic rings. The maximum atomic E-state index is 12.5. The van der Waals surface area contributed by atoms with E-state index in [9.17, 15) is 4.79 Å². The van der Waals surface area contributed by atoms with Crippen LogP contribution in [0.2, 0.25) is 5.02 Å². The SMILES string of the molecule is C#CCOc1c(-c2ccccc2)c(=O)[nH]c2cc(Cl)ccc12. The van der Waals surface area contributed by atoms with Crippen molar-refractivity contribution in [3.05, 3.63) is 63.9 Å². The lowest BCUT2D eigenvalue weighted by Gasteiger charge is -2.12. The third-order valence-electron chi connectivity index (χ3n) is 3.29. The number of H-pyrrole nitrogens is 1. The highest BCUT2D eigenvalue weighted by Gasteiger charge is 2.16. The van der Waals surface area contributed by atoms with Crippen molar-refractivity contribution in [1.82, 2.24) is 4.98 Å². The summed E-state index contributed by atoms with van der Waals surface area (Å²) in [6.07, 6.45) is 5.29. The second-order valence-corrected chi connectivity index (χ2v) is 5.14. The van der Waals surface area contributed by atoms with Crippen molar-refractivity contribution in [3.8, 4) is 29.2 Å². The van der Waals surface area contributed by atoms with E-state index in [1.165, 1.54) is 0 Å². The Bertz CT molecular complexity index is 923. The molecule has 2 aromatic carbocycles. The highest BCUT2D eigenvalue weighted by molar-refractivity contribution is 6.31. The summed E-state index contributed by atoms with van der Waals surface area (Å²) >= 11 is 5.99. The molecule has 3 rings (SSSR count). The second-order valence-electron chi connectivity index (χ2n) is 4.71. The Labute approximate surface area is 132 Å². The summed E-state index contributed by atoms with van der Waals surface area (Å²) in [4.78, 5) is 15.3. The molecule has 1 N–H and O–H groups in total. The Kier molecular flexibility index (Phi) is 3.86. The molecule has 0 aliphatic carbocycles. The minimum atomic E-state index is -0.243. The smallest absolute Gasteiger partial charge is 0.260 e. The summed E-state index contributed by atoms with van der Waals surface area (Å²) in [5, 5.41) is 1.30. The second kappa shape index (κ2) is 5.97. The van der Waals surface area contributed by atoms with E-state index in [4.69, 9.17) is 22.8 Å². The highest BCUT2D eigenvalue weighted by atomic mass is 35.5. The van der Waals surface area contributed by atoms with Crippen molar-refractivity contribution in [3.63, 3.8) is 0 Å². The first kappa shape index (κ1) is 14.2. The highest BCUT2D eigenvalue weighted by Crippen LogP contribution is 2.34. The Balaban J connectivity index is 2.35. The van der Waals surface area contributed by atoms with Gasteiger partial charge in [-0.3, -0.25) is 4.79 Å². The molecule has 3 aromatic rings. The van der Waals surface area contributed by atoms with E-state index in [1.54, 1.807) is 12.1 Å². The van der Waals surface area contributed by atoms with Crippen molar-refractivity contribution in [2.24, 2.45) is 0 Å². The number of ether oxygens (including phenoxy) is 1. The summed E-state index contributed by atoms with van der Waals surface area (Å²) in [5.74, 6) is 2.90. The summed E-state index contributed by atoms with van der Waals surface area (Å²) in [6, 6.07) is 14.6. The zero-order valence-electron chi connectivity index (χ0n) is 11.6. The van der Waals surface area contributed by atoms with Crippen LogP contribution in [0.15, 0.2) is 53.3 Å². The van der Waals surface area contributed by atoms with Crippen LogP contribution in [0.1, 0.15) is 0 Å². The molecule has 1 aromatic heterocycles. The quantitative estimate of drug-likeness (QED) is 0.746. The number of hydrogen-bond donors (Lipinski definition) is 1. The Morgan fingerprint density at radius 3 is 2.68 bits per heavy atom. The van der Waals surface area contributed by atoms with Crippen LogP contribution >= 0.6 is 11.6 Å². The van der Waals surface area contributed by atoms with Crippen LogP contribution in [-0.4, -0.2) is 11.6 Å². The molecule has 0 saturated heterocycles. The number of aromatic amines is 1. The van der Waals surface area contributed by atoms with Gasteiger partial charge in [0.2, 0.25) is 0 Å². The summed E-state index contributed by atoms with van der Waals surface area (Å²) in [6.45, 7) is 0.0843. The van der Waals surface area contributed by atoms with Crippen molar-refractivity contribution >= 4 is 22.5 Å². The van der Waals surface area contributed by atoms with Gasteiger partial charge in [0.05, 0.1) is 11.1 Å². The van der Waals surface area contributed by atoms with Gasteiger partial charge in [0.25, 0.3) is 5.56 Å². The largest absolute Gasteiger partial charge is 0.479 e. The number of nitrogens with one attached hydrogen (secondary N) is 1. The number of terminal acetylenes is 1. The molecule has 3 nitrogen and oxygen atoms in total. The molecule has 0 unspecified atom stereocenters. The van der Waals surface area contributed by atoms with E-state index >= 15 is 0 Å². The average molecular weight is 310 g/mol. The maximum Gasteiger partial charge on any atom is 0.260 e. The summed E-state index contributed by atoms with van der Waals surface area (Å²) in [5.41, 5.74) is 1.61. The van der Waals surface area contributed by atoms with E-state index < -0.39 is 0 Å². The molecule has 0 saturated carbocycles. The number of aromatic nitrogens is 1. The molecule has 0 radical (unpaired) electrons. The third kappa shape index (κ3) is 2.57. The zero-order valence-corrected chi connectivity index (χ0v) is 12.4. The van der Waals surface area contributed by atoms with Gasteiger partial charge in [-0.15, -0.1) is 6.42 Å². The molecule has 1 heterocycles. The minimum absolute atomic E-state index is 0.0843. The van der Waals surface area contributed by atoms with E-state index in [0.29, 0.717) is 21.9 Å². The standard InChI is InChI=1S/C18H12ClNO2/c1-2-10-22-17-14-9-8-13(19)11-15(14)20-18(21)16(17)12-6-4-3-5-7-12/h1,3-9,11H,10H2,(H,20,21). The van der Waals surface area contributed by atoms with Gasteiger partial charge in [-0.2, -0.15) is 0 Å². The van der Waals surface area contributed by atoms with Gasteiger partial charge in [-0.1, -0.05) is 47.9 Å². The van der Waals surface area contributed by atoms with Crippen LogP contribution < -0.4 is 10.3 Å². The van der Waals surface area contributed by atoms with Crippen LogP contribution in [0.5, 0.6) is 5.75 Å². The fourth-order valence-electron chi connectivity index (χ4n) is 2.37. The van der Waals surface area contributed by atoms with Gasteiger partial charge >= 0.3 is 0 Å². The van der Waals surface area contributed by atoms with Gasteiger partial charge in [0.15, 0.2) is 0 Å². The molecule has 0 atom stereocenters. The molecular formula is C18H12ClNO2. The lowest BCUT2D eigenvalue weighted by atomic mass is 10.0. The number of benzene rings is 2. The monoisotopic (exact) mass is 309 g/mol. The number of pyridine rings is 1. The van der Waals surface area contributed by atoms with Crippen molar-refractivity contribution in [1.29, 1.82) is 0 Å². The Morgan fingerprint density at radius 2 is 1.95 bits per heavy atom.